The van der Waals surface area contributed by atoms with Crippen molar-refractivity contribution in [1.82, 2.24) is 15.1 Å². The van der Waals surface area contributed by atoms with Gasteiger partial charge in [-0.15, -0.1) is 0 Å². The molecule has 2 amide bonds. The maximum Gasteiger partial charge on any atom is 0.328 e. The van der Waals surface area contributed by atoms with E-state index in [4.69, 9.17) is 33.8 Å². The van der Waals surface area contributed by atoms with Crippen LogP contribution in [0.2, 0.25) is 0 Å². The average Bonchev–Trinajstić information content (AvgIpc) is 3.62. The highest BCUT2D eigenvalue weighted by Crippen LogP contribution is 2.55. The first kappa shape index (κ1) is 24.0. The molecule has 0 saturated carbocycles. The number of ether oxygens (including phenoxy) is 5. The van der Waals surface area contributed by atoms with Gasteiger partial charge in [0.1, 0.15) is 17.6 Å². The van der Waals surface area contributed by atoms with Gasteiger partial charge in [-0.3, -0.25) is 10.2 Å². The Morgan fingerprint density at radius 1 is 1.03 bits per heavy atom. The van der Waals surface area contributed by atoms with Gasteiger partial charge in [0.05, 0.1) is 33.1 Å². The van der Waals surface area contributed by atoms with Crippen LogP contribution in [0.15, 0.2) is 41.5 Å². The molecule has 3 aliphatic heterocycles. The molecule has 3 aliphatic rings. The van der Waals surface area contributed by atoms with Crippen molar-refractivity contribution in [2.24, 2.45) is 4.99 Å². The number of anilines is 1. The van der Waals surface area contributed by atoms with Gasteiger partial charge < -0.3 is 23.7 Å². The Kier molecular flexibility index (Phi) is 5.41. The predicted octanol–water partition coefficient (Wildman–Crippen LogP) is 4.17. The number of methoxy groups -OCH3 is 3. The van der Waals surface area contributed by atoms with Crippen LogP contribution in [-0.4, -0.2) is 55.8 Å². The summed E-state index contributed by atoms with van der Waals surface area (Å²) in [5.74, 6) is 3.33. The first-order valence-corrected chi connectivity index (χ1v) is 12.2. The van der Waals surface area contributed by atoms with Gasteiger partial charge in [0, 0.05) is 28.8 Å². The number of carbonyl (C=O) groups excluding carboxylic acids is 1. The zero-order valence-corrected chi connectivity index (χ0v) is 22.1. The Labute approximate surface area is 219 Å². The van der Waals surface area contributed by atoms with Crippen molar-refractivity contribution in [2.45, 2.75) is 38.3 Å². The van der Waals surface area contributed by atoms with Crippen molar-refractivity contribution < 1.29 is 28.5 Å². The van der Waals surface area contributed by atoms with E-state index in [9.17, 15) is 4.79 Å². The third-order valence-electron chi connectivity index (χ3n) is 6.98. The zero-order valence-electron chi connectivity index (χ0n) is 22.1. The highest BCUT2D eigenvalue weighted by atomic mass is 16.7. The van der Waals surface area contributed by atoms with E-state index in [1.54, 1.807) is 26.2 Å². The molecule has 38 heavy (non-hydrogen) atoms. The molecule has 2 aromatic carbocycles. The number of aliphatic imine (C=N–C) groups is 1. The summed E-state index contributed by atoms with van der Waals surface area (Å²) in [5.41, 5.74) is 1.92. The maximum atomic E-state index is 13.5. The predicted molar refractivity (Wildman–Crippen MR) is 140 cm³/mol. The minimum absolute atomic E-state index is 0.0511. The van der Waals surface area contributed by atoms with E-state index in [0.717, 1.165) is 11.1 Å². The van der Waals surface area contributed by atoms with Crippen molar-refractivity contribution in [1.29, 1.82) is 0 Å². The van der Waals surface area contributed by atoms with Gasteiger partial charge in [-0.05, 0) is 39.0 Å². The smallest absolute Gasteiger partial charge is 0.328 e. The lowest BCUT2D eigenvalue weighted by Crippen LogP contribution is -2.42. The first-order chi connectivity index (χ1) is 18.3. The number of benzene rings is 2. The largest absolute Gasteiger partial charge is 0.497 e. The van der Waals surface area contributed by atoms with Gasteiger partial charge in [-0.2, -0.15) is 5.10 Å². The number of fused-ring (bicyclic) bond motifs is 3. The number of rotatable bonds is 5. The molecule has 3 aromatic rings. The minimum atomic E-state index is -0.529. The molecule has 4 heterocycles. The number of hydrogen-bond donors (Lipinski definition) is 1. The van der Waals surface area contributed by atoms with E-state index in [0.29, 0.717) is 46.1 Å². The Morgan fingerprint density at radius 2 is 1.82 bits per heavy atom. The summed E-state index contributed by atoms with van der Waals surface area (Å²) in [7, 11) is 4.76. The summed E-state index contributed by atoms with van der Waals surface area (Å²) in [6, 6.07) is 8.44. The summed E-state index contributed by atoms with van der Waals surface area (Å²) < 4.78 is 30.4. The van der Waals surface area contributed by atoms with Crippen LogP contribution in [-0.2, 0) is 5.54 Å². The monoisotopic (exact) mass is 519 g/mol. The Balaban J connectivity index is 1.62. The normalized spacial score (nSPS) is 19.5. The standard InChI is InChI=1S/C27H29N5O6/c1-27(2,3)32-25-17(12-28-32)19(16-11-18(35-5)22-23(21(16)36-6)38-13-37-22)20-24(29-25)30-26(33)31(20)14-8-7-9-15(10-14)34-4/h7-12,19-20H,13H2,1-6H3,(H,29,30,33)/t19-,20+/m0/s1. The zero-order chi connectivity index (χ0) is 26.8. The topological polar surface area (TPSA) is 109 Å². The van der Waals surface area contributed by atoms with Crippen LogP contribution in [0, 0.1) is 0 Å². The van der Waals surface area contributed by atoms with Gasteiger partial charge in [0.2, 0.25) is 18.3 Å². The van der Waals surface area contributed by atoms with Gasteiger partial charge in [-0.1, -0.05) is 6.07 Å². The molecule has 1 aromatic heterocycles. The molecule has 0 aliphatic carbocycles. The third kappa shape index (κ3) is 3.45. The number of aromatic nitrogens is 2. The molecule has 0 spiro atoms. The van der Waals surface area contributed by atoms with Crippen LogP contribution in [0.1, 0.15) is 37.8 Å². The number of carbonyl (C=O) groups is 1. The quantitative estimate of drug-likeness (QED) is 0.539. The number of hydrogen-bond acceptors (Lipinski definition) is 8. The molecule has 6 rings (SSSR count). The second-order valence-corrected chi connectivity index (χ2v) is 10.2. The molecule has 11 heteroatoms. The number of urea groups is 1. The van der Waals surface area contributed by atoms with Crippen molar-refractivity contribution in [3.63, 3.8) is 0 Å². The SMILES string of the molecule is COc1cccc(N2C(=O)NC3=Nc4c(cnn4C(C)(C)C)[C@H](c4cc(OC)c5c(c4OC)OCO5)[C@H]32)c1. The lowest BCUT2D eigenvalue weighted by molar-refractivity contribution is 0.168. The Morgan fingerprint density at radius 3 is 2.53 bits per heavy atom. The molecule has 1 saturated heterocycles. The molecular formula is C27H29N5O6. The van der Waals surface area contributed by atoms with Crippen molar-refractivity contribution in [2.75, 3.05) is 33.0 Å². The van der Waals surface area contributed by atoms with Crippen LogP contribution >= 0.6 is 0 Å². The lowest BCUT2D eigenvalue weighted by Gasteiger charge is -2.34. The molecule has 1 N–H and O–H groups in total. The van der Waals surface area contributed by atoms with E-state index in [-0.39, 0.29) is 18.4 Å². The number of amidine groups is 1. The lowest BCUT2D eigenvalue weighted by atomic mass is 9.82. The second-order valence-electron chi connectivity index (χ2n) is 10.2. The van der Waals surface area contributed by atoms with Crippen molar-refractivity contribution >= 4 is 23.4 Å². The van der Waals surface area contributed by atoms with Gasteiger partial charge >= 0.3 is 6.03 Å². The number of nitrogens with zero attached hydrogens (tertiary/aromatic N) is 4. The van der Waals surface area contributed by atoms with Gasteiger partial charge in [-0.25, -0.2) is 14.5 Å². The minimum Gasteiger partial charge on any atom is -0.497 e. The summed E-state index contributed by atoms with van der Waals surface area (Å²) >= 11 is 0. The van der Waals surface area contributed by atoms with Crippen LogP contribution in [0.4, 0.5) is 16.3 Å². The Hall–Kier alpha value is -4.41. The first-order valence-electron chi connectivity index (χ1n) is 12.2. The number of nitrogens with one attached hydrogen (secondary N) is 1. The van der Waals surface area contributed by atoms with E-state index < -0.39 is 12.0 Å². The molecule has 0 bridgehead atoms. The van der Waals surface area contributed by atoms with Crippen LogP contribution in [0.5, 0.6) is 28.7 Å². The highest BCUT2D eigenvalue weighted by Gasteiger charge is 2.50. The maximum absolute atomic E-state index is 13.5. The molecule has 0 unspecified atom stereocenters. The Bertz CT molecular complexity index is 1470. The van der Waals surface area contributed by atoms with E-state index in [2.05, 4.69) is 26.1 Å². The van der Waals surface area contributed by atoms with Crippen LogP contribution in [0.3, 0.4) is 0 Å². The summed E-state index contributed by atoms with van der Waals surface area (Å²) in [5, 5.41) is 7.71. The fourth-order valence-corrected chi connectivity index (χ4v) is 5.36. The summed E-state index contributed by atoms with van der Waals surface area (Å²) in [6.07, 6.45) is 1.81. The highest BCUT2D eigenvalue weighted by molar-refractivity contribution is 6.18. The fourth-order valence-electron chi connectivity index (χ4n) is 5.36. The molecule has 1 fully saturated rings. The summed E-state index contributed by atoms with van der Waals surface area (Å²) in [4.78, 5) is 20.1. The van der Waals surface area contributed by atoms with Gasteiger partial charge in [0.15, 0.2) is 17.3 Å². The van der Waals surface area contributed by atoms with Gasteiger partial charge in [0.25, 0.3) is 0 Å². The molecule has 2 atom stereocenters. The van der Waals surface area contributed by atoms with Crippen LogP contribution in [0.25, 0.3) is 0 Å². The number of amides is 2. The third-order valence-corrected chi connectivity index (χ3v) is 6.98. The van der Waals surface area contributed by atoms with E-state index >= 15 is 0 Å². The molecule has 198 valence electrons. The second kappa shape index (κ2) is 8.57. The van der Waals surface area contributed by atoms with E-state index in [1.807, 2.05) is 41.2 Å². The van der Waals surface area contributed by atoms with Crippen molar-refractivity contribution in [3.05, 3.63) is 47.7 Å². The summed E-state index contributed by atoms with van der Waals surface area (Å²) in [6.45, 7) is 6.22. The fraction of sp³-hybridized carbons (Fsp3) is 0.370. The molecular weight excluding hydrogens is 490 g/mol. The molecule has 0 radical (unpaired) electrons. The van der Waals surface area contributed by atoms with Crippen molar-refractivity contribution in [3.8, 4) is 28.7 Å². The molecule has 11 nitrogen and oxygen atoms in total. The van der Waals surface area contributed by atoms with Crippen LogP contribution < -0.4 is 33.9 Å². The average molecular weight is 520 g/mol. The van der Waals surface area contributed by atoms with E-state index in [1.165, 1.54) is 0 Å².